The predicted molar refractivity (Wildman–Crippen MR) is 96.0 cm³/mol. The molecule has 1 heterocycles. The topological polar surface area (TPSA) is 93.1 Å². The minimum atomic E-state index is -1.36. The summed E-state index contributed by atoms with van der Waals surface area (Å²) in [6, 6.07) is 0. The molecule has 0 aromatic carbocycles. The highest BCUT2D eigenvalue weighted by molar-refractivity contribution is 5.92. The van der Waals surface area contributed by atoms with Gasteiger partial charge in [0.25, 0.3) is 0 Å². The second-order valence-corrected chi connectivity index (χ2v) is 7.11. The van der Waals surface area contributed by atoms with Crippen LogP contribution in [-0.2, 0) is 19.1 Å². The molecule has 1 aliphatic heterocycles. The Morgan fingerprint density at radius 1 is 1.50 bits per heavy atom. The number of aliphatic hydroxyl groups excluding tert-OH is 1. The van der Waals surface area contributed by atoms with E-state index in [1.54, 1.807) is 39.8 Å². The van der Waals surface area contributed by atoms with Crippen LogP contribution in [0.1, 0.15) is 34.1 Å². The summed E-state index contributed by atoms with van der Waals surface area (Å²) in [5.41, 5.74) is -0.188. The van der Waals surface area contributed by atoms with Crippen LogP contribution in [0.2, 0.25) is 0 Å². The fraction of sp³-hybridized carbons (Fsp3) is 0.500. The van der Waals surface area contributed by atoms with Gasteiger partial charge in [0.15, 0.2) is 0 Å². The lowest BCUT2D eigenvalue weighted by Crippen LogP contribution is -2.40. The molecule has 6 heteroatoms. The van der Waals surface area contributed by atoms with Gasteiger partial charge in [0.1, 0.15) is 12.2 Å². The summed E-state index contributed by atoms with van der Waals surface area (Å²) in [5, 5.41) is 20.9. The van der Waals surface area contributed by atoms with E-state index in [0.717, 1.165) is 0 Å². The van der Waals surface area contributed by atoms with Gasteiger partial charge >= 0.3 is 11.9 Å². The molecule has 0 aromatic rings. The molecule has 0 radical (unpaired) electrons. The Kier molecular flexibility index (Phi) is 5.88. The summed E-state index contributed by atoms with van der Waals surface area (Å²) >= 11 is 0. The Morgan fingerprint density at radius 2 is 2.15 bits per heavy atom. The maximum atomic E-state index is 12.3. The highest BCUT2D eigenvalue weighted by atomic mass is 16.6. The molecule has 0 bridgehead atoms. The number of hydrogen-bond donors (Lipinski definition) is 2. The first kappa shape index (κ1) is 20.1. The maximum absolute atomic E-state index is 12.3. The highest BCUT2D eigenvalue weighted by Gasteiger charge is 2.46. The van der Waals surface area contributed by atoms with E-state index in [-0.39, 0.29) is 12.0 Å². The van der Waals surface area contributed by atoms with Crippen LogP contribution in [0.15, 0.2) is 47.6 Å². The van der Waals surface area contributed by atoms with Gasteiger partial charge in [-0.25, -0.2) is 9.59 Å². The highest BCUT2D eigenvalue weighted by Crippen LogP contribution is 2.37. The molecular formula is C20H26O6. The first-order valence-corrected chi connectivity index (χ1v) is 8.57. The molecule has 0 unspecified atom stereocenters. The zero-order valence-corrected chi connectivity index (χ0v) is 15.6. The lowest BCUT2D eigenvalue weighted by atomic mass is 9.82. The molecule has 2 rings (SSSR count). The zero-order valence-electron chi connectivity index (χ0n) is 15.6. The molecule has 0 saturated carbocycles. The second-order valence-electron chi connectivity index (χ2n) is 7.11. The molecule has 1 saturated heterocycles. The van der Waals surface area contributed by atoms with E-state index in [9.17, 15) is 19.8 Å². The zero-order chi connectivity index (χ0) is 19.6. The van der Waals surface area contributed by atoms with Crippen molar-refractivity contribution in [2.45, 2.75) is 58.0 Å². The van der Waals surface area contributed by atoms with Gasteiger partial charge in [-0.15, -0.1) is 0 Å². The van der Waals surface area contributed by atoms with Crippen molar-refractivity contribution in [2.75, 3.05) is 0 Å². The fourth-order valence-corrected chi connectivity index (χ4v) is 3.05. The van der Waals surface area contributed by atoms with E-state index in [1.165, 1.54) is 12.2 Å². The summed E-state index contributed by atoms with van der Waals surface area (Å²) in [6.45, 7) is 10.4. The molecule has 0 aromatic heterocycles. The summed E-state index contributed by atoms with van der Waals surface area (Å²) in [5.74, 6) is -1.74. The van der Waals surface area contributed by atoms with E-state index < -0.39 is 41.8 Å². The van der Waals surface area contributed by atoms with Gasteiger partial charge in [0.2, 0.25) is 0 Å². The third kappa shape index (κ3) is 4.31. The first-order valence-electron chi connectivity index (χ1n) is 8.57. The lowest BCUT2D eigenvalue weighted by molar-refractivity contribution is -0.150. The number of carbonyl (C=O) groups is 2. The largest absolute Gasteiger partial charge is 0.458 e. The van der Waals surface area contributed by atoms with E-state index in [4.69, 9.17) is 9.47 Å². The quantitative estimate of drug-likeness (QED) is 0.443. The minimum absolute atomic E-state index is 0.0304. The van der Waals surface area contributed by atoms with Crippen molar-refractivity contribution in [3.63, 3.8) is 0 Å². The number of fused-ring (bicyclic) bond motifs is 1. The van der Waals surface area contributed by atoms with Gasteiger partial charge in [0.05, 0.1) is 17.6 Å². The van der Waals surface area contributed by atoms with Crippen molar-refractivity contribution in [3.05, 3.63) is 47.6 Å². The maximum Gasteiger partial charge on any atom is 0.334 e. The Hall–Kier alpha value is -2.18. The molecule has 0 amide bonds. The number of ether oxygens (including phenoxy) is 2. The number of rotatable bonds is 2. The monoisotopic (exact) mass is 362 g/mol. The van der Waals surface area contributed by atoms with E-state index >= 15 is 0 Å². The summed E-state index contributed by atoms with van der Waals surface area (Å²) in [7, 11) is 0. The molecule has 142 valence electrons. The Labute approximate surface area is 153 Å². The Bertz CT molecular complexity index is 697. The number of allylic oxidation sites excluding steroid dienone is 1. The van der Waals surface area contributed by atoms with Gasteiger partial charge < -0.3 is 19.7 Å². The van der Waals surface area contributed by atoms with Crippen molar-refractivity contribution in [2.24, 2.45) is 5.92 Å². The van der Waals surface area contributed by atoms with Crippen molar-refractivity contribution in [1.29, 1.82) is 0 Å². The van der Waals surface area contributed by atoms with Crippen LogP contribution < -0.4 is 0 Å². The Morgan fingerprint density at radius 3 is 2.77 bits per heavy atom. The van der Waals surface area contributed by atoms with Gasteiger partial charge in [-0.05, 0) is 39.3 Å². The SMILES string of the molecule is C=C1C(=O)O[C@@H]2/C=C(/C)[C@@H](O)/C=C\[C@](C)(O)C[C@@H](OC(=O)/C(C)=C\C)[C@@H]12. The normalized spacial score (nSPS) is 38.7. The standard InChI is InChI=1S/C20H26O6/c1-6-11(2)18(22)26-16-10-20(5,24)8-7-14(21)12(3)9-15-17(16)13(4)19(23)25-15/h6-9,14-17,21,24H,4,10H2,1-3,5H3/b8-7-,11-6-,12-9-/t14-,15+,16+,17-,20-/m0/s1. The van der Waals surface area contributed by atoms with Crippen LogP contribution in [0.25, 0.3) is 0 Å². The first-order chi connectivity index (χ1) is 12.1. The second kappa shape index (κ2) is 7.60. The number of esters is 2. The van der Waals surface area contributed by atoms with Gasteiger partial charge in [0, 0.05) is 17.6 Å². The average molecular weight is 362 g/mol. The molecule has 2 N–H and O–H groups in total. The third-order valence-corrected chi connectivity index (χ3v) is 4.82. The van der Waals surface area contributed by atoms with Crippen LogP contribution in [0.3, 0.4) is 0 Å². The molecule has 1 fully saturated rings. The molecule has 26 heavy (non-hydrogen) atoms. The van der Waals surface area contributed by atoms with Crippen LogP contribution in [0.4, 0.5) is 0 Å². The molecule has 6 nitrogen and oxygen atoms in total. The Balaban J connectivity index is 2.48. The van der Waals surface area contributed by atoms with Gasteiger partial charge in [-0.2, -0.15) is 0 Å². The van der Waals surface area contributed by atoms with Crippen molar-refractivity contribution < 1.29 is 29.3 Å². The number of aliphatic hydroxyl groups is 2. The van der Waals surface area contributed by atoms with Crippen molar-refractivity contribution in [3.8, 4) is 0 Å². The summed E-state index contributed by atoms with van der Waals surface area (Å²) in [6.07, 6.45) is 3.77. The summed E-state index contributed by atoms with van der Waals surface area (Å²) < 4.78 is 11.0. The minimum Gasteiger partial charge on any atom is -0.458 e. The van der Waals surface area contributed by atoms with Crippen LogP contribution in [0.5, 0.6) is 0 Å². The average Bonchev–Trinajstić information content (AvgIpc) is 2.84. The summed E-state index contributed by atoms with van der Waals surface area (Å²) in [4.78, 5) is 24.4. The smallest absolute Gasteiger partial charge is 0.334 e. The van der Waals surface area contributed by atoms with Crippen molar-refractivity contribution in [1.82, 2.24) is 0 Å². The fourth-order valence-electron chi connectivity index (χ4n) is 3.05. The lowest BCUT2D eigenvalue weighted by Gasteiger charge is -2.32. The number of hydrogen-bond acceptors (Lipinski definition) is 6. The van der Waals surface area contributed by atoms with E-state index in [0.29, 0.717) is 11.1 Å². The van der Waals surface area contributed by atoms with Gasteiger partial charge in [-0.1, -0.05) is 24.8 Å². The molecular weight excluding hydrogens is 336 g/mol. The molecule has 5 atom stereocenters. The van der Waals surface area contributed by atoms with Gasteiger partial charge in [-0.3, -0.25) is 0 Å². The van der Waals surface area contributed by atoms with Crippen molar-refractivity contribution >= 4 is 11.9 Å². The molecule has 1 aliphatic carbocycles. The third-order valence-electron chi connectivity index (χ3n) is 4.82. The molecule has 0 spiro atoms. The molecule has 2 aliphatic rings. The van der Waals surface area contributed by atoms with Crippen LogP contribution in [0, 0.1) is 5.92 Å². The predicted octanol–water partition coefficient (Wildman–Crippen LogP) is 1.98. The van der Waals surface area contributed by atoms with Crippen LogP contribution in [-0.4, -0.2) is 46.1 Å². The van der Waals surface area contributed by atoms with Crippen LogP contribution >= 0.6 is 0 Å². The van der Waals surface area contributed by atoms with E-state index in [2.05, 4.69) is 6.58 Å². The number of carbonyl (C=O) groups excluding carboxylic acids is 2. The van der Waals surface area contributed by atoms with E-state index in [1.807, 2.05) is 0 Å².